The molecule has 0 aliphatic carbocycles. The molecule has 0 spiro atoms. The minimum atomic E-state index is -0.626. The van der Waals surface area contributed by atoms with Crippen molar-refractivity contribution in [1.82, 2.24) is 4.90 Å². The molecule has 0 radical (unpaired) electrons. The molecule has 114 valence electrons. The van der Waals surface area contributed by atoms with Gasteiger partial charge in [0.25, 0.3) is 0 Å². The molecule has 0 unspecified atom stereocenters. The van der Waals surface area contributed by atoms with Crippen molar-refractivity contribution in [1.29, 1.82) is 0 Å². The lowest BCUT2D eigenvalue weighted by atomic mass is 10.1. The molecule has 2 rings (SSSR count). The first-order valence-electron chi connectivity index (χ1n) is 6.88. The molecule has 21 heavy (non-hydrogen) atoms. The maximum absolute atomic E-state index is 12.8. The number of rotatable bonds is 5. The molecular formula is C15H18FNO4. The second-order valence-electron chi connectivity index (χ2n) is 5.20. The second-order valence-corrected chi connectivity index (χ2v) is 5.20. The van der Waals surface area contributed by atoms with Crippen molar-refractivity contribution < 1.29 is 24.2 Å². The monoisotopic (exact) mass is 295 g/mol. The van der Waals surface area contributed by atoms with E-state index in [0.29, 0.717) is 12.0 Å². The van der Waals surface area contributed by atoms with Crippen LogP contribution in [0, 0.1) is 5.82 Å². The van der Waals surface area contributed by atoms with Gasteiger partial charge in [-0.1, -0.05) is 0 Å². The predicted octanol–water partition coefficient (Wildman–Crippen LogP) is 0.743. The van der Waals surface area contributed by atoms with Crippen molar-refractivity contribution in [3.63, 3.8) is 0 Å². The molecule has 2 N–H and O–H groups in total. The maximum Gasteiger partial charge on any atom is 0.223 e. The molecular weight excluding hydrogens is 277 g/mol. The fourth-order valence-corrected chi connectivity index (χ4v) is 2.51. The Morgan fingerprint density at radius 1 is 1.24 bits per heavy atom. The molecule has 0 aromatic heterocycles. The summed E-state index contributed by atoms with van der Waals surface area (Å²) in [6.07, 6.45) is -0.234. The van der Waals surface area contributed by atoms with E-state index in [0.717, 1.165) is 0 Å². The maximum atomic E-state index is 12.8. The largest absolute Gasteiger partial charge is 0.394 e. The van der Waals surface area contributed by atoms with E-state index in [4.69, 9.17) is 0 Å². The first-order chi connectivity index (χ1) is 10.0. The van der Waals surface area contributed by atoms with Crippen LogP contribution < -0.4 is 0 Å². The number of nitrogens with zero attached hydrogens (tertiary/aromatic N) is 1. The molecule has 1 saturated heterocycles. The van der Waals surface area contributed by atoms with Crippen LogP contribution >= 0.6 is 0 Å². The van der Waals surface area contributed by atoms with E-state index in [1.54, 1.807) is 0 Å². The van der Waals surface area contributed by atoms with Crippen LogP contribution in [-0.4, -0.2) is 52.1 Å². The van der Waals surface area contributed by atoms with Crippen LogP contribution in [-0.2, 0) is 4.79 Å². The Bertz CT molecular complexity index is 517. The lowest BCUT2D eigenvalue weighted by Gasteiger charge is -2.22. The number of Topliss-reactive ketones (excluding diaryl/α,β-unsaturated/α-hetero) is 1. The van der Waals surface area contributed by atoms with Gasteiger partial charge in [0.1, 0.15) is 5.82 Å². The third-order valence-corrected chi connectivity index (χ3v) is 3.66. The number of aliphatic hydroxyl groups is 2. The number of aliphatic hydroxyl groups excluding tert-OH is 2. The summed E-state index contributed by atoms with van der Waals surface area (Å²) in [6.45, 7) is -0.0104. The molecule has 0 bridgehead atoms. The predicted molar refractivity (Wildman–Crippen MR) is 73.2 cm³/mol. The zero-order valence-corrected chi connectivity index (χ0v) is 11.5. The number of hydrogen-bond donors (Lipinski definition) is 2. The number of benzene rings is 1. The molecule has 1 aromatic rings. The molecule has 2 atom stereocenters. The highest BCUT2D eigenvalue weighted by atomic mass is 19.1. The Kier molecular flexibility index (Phi) is 5.03. The van der Waals surface area contributed by atoms with Gasteiger partial charge in [0.15, 0.2) is 5.78 Å². The fraction of sp³-hybridized carbons (Fsp3) is 0.467. The van der Waals surface area contributed by atoms with E-state index >= 15 is 0 Å². The van der Waals surface area contributed by atoms with Crippen LogP contribution in [0.2, 0.25) is 0 Å². The number of likely N-dealkylation sites (tertiary alicyclic amines) is 1. The Morgan fingerprint density at radius 3 is 2.52 bits per heavy atom. The number of ketones is 1. The van der Waals surface area contributed by atoms with Gasteiger partial charge in [-0.3, -0.25) is 9.59 Å². The number of amides is 1. The first kappa shape index (κ1) is 15.6. The van der Waals surface area contributed by atoms with Gasteiger partial charge in [-0.15, -0.1) is 0 Å². The standard InChI is InChI=1S/C15H18FNO4/c16-11-3-1-10(2-4-11)14(20)5-6-15(21)17-8-13(19)7-12(17)9-18/h1-4,12-13,18-19H,5-9H2/t12-,13-/m1/s1. The van der Waals surface area contributed by atoms with Gasteiger partial charge in [0, 0.05) is 24.9 Å². The van der Waals surface area contributed by atoms with Crippen molar-refractivity contribution in [2.75, 3.05) is 13.2 Å². The third-order valence-electron chi connectivity index (χ3n) is 3.66. The molecule has 1 heterocycles. The molecule has 6 heteroatoms. The average Bonchev–Trinajstić information content (AvgIpc) is 2.86. The normalized spacial score (nSPS) is 21.6. The van der Waals surface area contributed by atoms with E-state index < -0.39 is 11.9 Å². The SMILES string of the molecule is O=C(CCC(=O)N1C[C@H](O)C[C@@H]1CO)c1ccc(F)cc1. The van der Waals surface area contributed by atoms with Gasteiger partial charge < -0.3 is 15.1 Å². The lowest BCUT2D eigenvalue weighted by Crippen LogP contribution is -2.38. The van der Waals surface area contributed by atoms with E-state index in [1.807, 2.05) is 0 Å². The molecule has 1 fully saturated rings. The highest BCUT2D eigenvalue weighted by Crippen LogP contribution is 2.19. The highest BCUT2D eigenvalue weighted by Gasteiger charge is 2.33. The zero-order chi connectivity index (χ0) is 15.4. The Morgan fingerprint density at radius 2 is 1.90 bits per heavy atom. The van der Waals surface area contributed by atoms with Crippen LogP contribution in [0.1, 0.15) is 29.6 Å². The highest BCUT2D eigenvalue weighted by molar-refractivity contribution is 5.97. The summed E-state index contributed by atoms with van der Waals surface area (Å²) in [5.74, 6) is -0.913. The number of carbonyl (C=O) groups is 2. The van der Waals surface area contributed by atoms with Gasteiger partial charge in [0.05, 0.1) is 18.8 Å². The fourth-order valence-electron chi connectivity index (χ4n) is 2.51. The average molecular weight is 295 g/mol. The minimum absolute atomic E-state index is 0.0133. The molecule has 1 amide bonds. The van der Waals surface area contributed by atoms with Crippen molar-refractivity contribution in [2.24, 2.45) is 0 Å². The van der Waals surface area contributed by atoms with Crippen LogP contribution in [0.3, 0.4) is 0 Å². The Balaban J connectivity index is 1.89. The summed E-state index contributed by atoms with van der Waals surface area (Å²) in [6, 6.07) is 4.80. The second kappa shape index (κ2) is 6.78. The summed E-state index contributed by atoms with van der Waals surface area (Å²) in [5, 5.41) is 18.7. The van der Waals surface area contributed by atoms with E-state index in [1.165, 1.54) is 29.2 Å². The Labute approximate surface area is 122 Å². The number of carbonyl (C=O) groups excluding carboxylic acids is 2. The molecule has 5 nitrogen and oxygen atoms in total. The van der Waals surface area contributed by atoms with Crippen LogP contribution in [0.15, 0.2) is 24.3 Å². The summed E-state index contributed by atoms with van der Waals surface area (Å²) in [4.78, 5) is 25.4. The van der Waals surface area contributed by atoms with Crippen LogP contribution in [0.4, 0.5) is 4.39 Å². The van der Waals surface area contributed by atoms with Crippen molar-refractivity contribution in [3.05, 3.63) is 35.6 Å². The van der Waals surface area contributed by atoms with Crippen LogP contribution in [0.25, 0.3) is 0 Å². The topological polar surface area (TPSA) is 77.8 Å². The summed E-state index contributed by atoms with van der Waals surface area (Å²) >= 11 is 0. The summed E-state index contributed by atoms with van der Waals surface area (Å²) in [5.41, 5.74) is 0.365. The van der Waals surface area contributed by atoms with Crippen molar-refractivity contribution in [3.8, 4) is 0 Å². The smallest absolute Gasteiger partial charge is 0.223 e. The summed E-state index contributed by atoms with van der Waals surface area (Å²) < 4.78 is 12.8. The first-order valence-corrected chi connectivity index (χ1v) is 6.88. The minimum Gasteiger partial charge on any atom is -0.394 e. The lowest BCUT2D eigenvalue weighted by molar-refractivity contribution is -0.132. The van der Waals surface area contributed by atoms with Gasteiger partial charge in [0.2, 0.25) is 5.91 Å². The van der Waals surface area contributed by atoms with Gasteiger partial charge in [-0.2, -0.15) is 0 Å². The zero-order valence-electron chi connectivity index (χ0n) is 11.5. The van der Waals surface area contributed by atoms with E-state index in [2.05, 4.69) is 0 Å². The van der Waals surface area contributed by atoms with Gasteiger partial charge >= 0.3 is 0 Å². The van der Waals surface area contributed by atoms with Crippen molar-refractivity contribution in [2.45, 2.75) is 31.4 Å². The number of hydrogen-bond acceptors (Lipinski definition) is 4. The van der Waals surface area contributed by atoms with Crippen LogP contribution in [0.5, 0.6) is 0 Å². The van der Waals surface area contributed by atoms with Gasteiger partial charge in [-0.25, -0.2) is 4.39 Å². The third kappa shape index (κ3) is 3.86. The number of β-amino-alcohol motifs (C(OH)–C–C–N with tert-alkyl or cyclic N) is 1. The Hall–Kier alpha value is -1.79. The summed E-state index contributed by atoms with van der Waals surface area (Å²) in [7, 11) is 0. The van der Waals surface area contributed by atoms with Crippen molar-refractivity contribution >= 4 is 11.7 Å². The molecule has 1 aliphatic rings. The molecule has 1 aromatic carbocycles. The van der Waals surface area contributed by atoms with Gasteiger partial charge in [-0.05, 0) is 30.7 Å². The molecule has 1 aliphatic heterocycles. The quantitative estimate of drug-likeness (QED) is 0.786. The number of halogens is 1. The van der Waals surface area contributed by atoms with E-state index in [9.17, 15) is 24.2 Å². The van der Waals surface area contributed by atoms with E-state index in [-0.39, 0.29) is 43.7 Å². The molecule has 0 saturated carbocycles.